The van der Waals surface area contributed by atoms with E-state index in [1.54, 1.807) is 0 Å². The lowest BCUT2D eigenvalue weighted by Crippen LogP contribution is -2.03. The molecule has 2 nitrogen and oxygen atoms in total. The first kappa shape index (κ1) is 10.2. The first-order valence-corrected chi connectivity index (χ1v) is 5.26. The van der Waals surface area contributed by atoms with Crippen LogP contribution in [0.2, 0.25) is 0 Å². The van der Waals surface area contributed by atoms with Gasteiger partial charge in [-0.05, 0) is 56.9 Å². The monoisotopic (exact) mass is 204 g/mol. The molecule has 0 saturated heterocycles. The maximum absolute atomic E-state index is 11.7. The van der Waals surface area contributed by atoms with Crippen LogP contribution >= 0.6 is 0 Å². The average molecular weight is 204 g/mol. The van der Waals surface area contributed by atoms with E-state index in [0.29, 0.717) is 0 Å². The summed E-state index contributed by atoms with van der Waals surface area (Å²) in [5, 5.41) is 0. The van der Waals surface area contributed by atoms with Gasteiger partial charge in [0.1, 0.15) is 6.10 Å². The van der Waals surface area contributed by atoms with E-state index in [4.69, 9.17) is 4.74 Å². The minimum Gasteiger partial charge on any atom is -0.454 e. The number of rotatable bonds is 0. The highest BCUT2D eigenvalue weighted by molar-refractivity contribution is 5.96. The standard InChI is InChI=1S/C13H16O2/c1-6-7(2)9(4)12-11(8(6)3)10(5)15-13(12)14/h10H,1-5H3. The number of benzene rings is 1. The number of cyclic esters (lactones) is 1. The number of carbonyl (C=O) groups excluding carboxylic acids is 1. The molecule has 2 heteroatoms. The van der Waals surface area contributed by atoms with Crippen molar-refractivity contribution in [3.63, 3.8) is 0 Å². The molecule has 1 heterocycles. The van der Waals surface area contributed by atoms with E-state index in [0.717, 1.165) is 16.7 Å². The molecule has 0 saturated carbocycles. The van der Waals surface area contributed by atoms with Crippen LogP contribution in [0.15, 0.2) is 0 Å². The molecular formula is C13H16O2. The molecule has 1 aromatic rings. The Labute approximate surface area is 90.3 Å². The van der Waals surface area contributed by atoms with Gasteiger partial charge in [0.15, 0.2) is 0 Å². The van der Waals surface area contributed by atoms with Gasteiger partial charge in [-0.25, -0.2) is 4.79 Å². The van der Waals surface area contributed by atoms with Crippen LogP contribution < -0.4 is 0 Å². The third-order valence-corrected chi connectivity index (χ3v) is 3.63. The van der Waals surface area contributed by atoms with Crippen LogP contribution in [0.3, 0.4) is 0 Å². The van der Waals surface area contributed by atoms with Crippen molar-refractivity contribution in [1.82, 2.24) is 0 Å². The summed E-state index contributed by atoms with van der Waals surface area (Å²) in [5.74, 6) is -0.166. The molecule has 0 radical (unpaired) electrons. The molecule has 0 aromatic heterocycles. The summed E-state index contributed by atoms with van der Waals surface area (Å²) < 4.78 is 5.26. The van der Waals surface area contributed by atoms with E-state index in [-0.39, 0.29) is 12.1 Å². The van der Waals surface area contributed by atoms with E-state index in [1.165, 1.54) is 16.7 Å². The molecule has 0 aliphatic carbocycles. The van der Waals surface area contributed by atoms with Crippen LogP contribution in [-0.4, -0.2) is 5.97 Å². The van der Waals surface area contributed by atoms with Gasteiger partial charge in [0.25, 0.3) is 0 Å². The third-order valence-electron chi connectivity index (χ3n) is 3.63. The fourth-order valence-electron chi connectivity index (χ4n) is 2.39. The van der Waals surface area contributed by atoms with Gasteiger partial charge in [0.2, 0.25) is 0 Å². The molecule has 1 unspecified atom stereocenters. The van der Waals surface area contributed by atoms with Crippen LogP contribution in [0.4, 0.5) is 0 Å². The van der Waals surface area contributed by atoms with Gasteiger partial charge < -0.3 is 4.74 Å². The van der Waals surface area contributed by atoms with Crippen molar-refractivity contribution in [3.8, 4) is 0 Å². The molecule has 0 N–H and O–H groups in total. The lowest BCUT2D eigenvalue weighted by Gasteiger charge is -2.14. The molecule has 80 valence electrons. The molecule has 2 rings (SSSR count). The molecule has 1 atom stereocenters. The third kappa shape index (κ3) is 1.21. The molecule has 0 bridgehead atoms. The molecule has 1 aliphatic heterocycles. The SMILES string of the molecule is Cc1c(C)c(C)c2c(c1C)C(=O)OC2C. The summed E-state index contributed by atoms with van der Waals surface area (Å²) in [6, 6.07) is 0. The highest BCUT2D eigenvalue weighted by Gasteiger charge is 2.32. The number of fused-ring (bicyclic) bond motifs is 1. The summed E-state index contributed by atoms with van der Waals surface area (Å²) >= 11 is 0. The maximum Gasteiger partial charge on any atom is 0.339 e. The Morgan fingerprint density at radius 1 is 0.933 bits per heavy atom. The number of hydrogen-bond donors (Lipinski definition) is 0. The number of ether oxygens (including phenoxy) is 1. The second-order valence-corrected chi connectivity index (χ2v) is 4.34. The quantitative estimate of drug-likeness (QED) is 0.607. The lowest BCUT2D eigenvalue weighted by atomic mass is 9.88. The minimum atomic E-state index is -0.166. The van der Waals surface area contributed by atoms with Gasteiger partial charge in [-0.1, -0.05) is 0 Å². The zero-order chi connectivity index (χ0) is 11.3. The van der Waals surface area contributed by atoms with Crippen molar-refractivity contribution in [2.75, 3.05) is 0 Å². The van der Waals surface area contributed by atoms with Crippen molar-refractivity contribution in [3.05, 3.63) is 33.4 Å². The zero-order valence-electron chi connectivity index (χ0n) is 9.89. The van der Waals surface area contributed by atoms with E-state index >= 15 is 0 Å². The second-order valence-electron chi connectivity index (χ2n) is 4.34. The Kier molecular flexibility index (Phi) is 2.10. The van der Waals surface area contributed by atoms with Crippen molar-refractivity contribution < 1.29 is 9.53 Å². The summed E-state index contributed by atoms with van der Waals surface area (Å²) in [6.07, 6.45) is -0.0921. The molecule has 15 heavy (non-hydrogen) atoms. The van der Waals surface area contributed by atoms with Gasteiger partial charge in [-0.3, -0.25) is 0 Å². The Morgan fingerprint density at radius 2 is 1.47 bits per heavy atom. The van der Waals surface area contributed by atoms with E-state index < -0.39 is 0 Å². The summed E-state index contributed by atoms with van der Waals surface area (Å²) in [7, 11) is 0. The highest BCUT2D eigenvalue weighted by atomic mass is 16.5. The van der Waals surface area contributed by atoms with Crippen LogP contribution in [0.25, 0.3) is 0 Å². The molecule has 0 fully saturated rings. The van der Waals surface area contributed by atoms with E-state index in [1.807, 2.05) is 13.8 Å². The largest absolute Gasteiger partial charge is 0.454 e. The van der Waals surface area contributed by atoms with E-state index in [2.05, 4.69) is 20.8 Å². The van der Waals surface area contributed by atoms with Gasteiger partial charge in [-0.2, -0.15) is 0 Å². The predicted octanol–water partition coefficient (Wildman–Crippen LogP) is 3.15. The smallest absolute Gasteiger partial charge is 0.339 e. The number of carbonyl (C=O) groups is 1. The molecule has 0 spiro atoms. The highest BCUT2D eigenvalue weighted by Crippen LogP contribution is 2.38. The summed E-state index contributed by atoms with van der Waals surface area (Å²) in [6.45, 7) is 10.2. The molecule has 1 aliphatic rings. The number of hydrogen-bond acceptors (Lipinski definition) is 2. The second kappa shape index (κ2) is 3.09. The van der Waals surface area contributed by atoms with Crippen LogP contribution in [0.5, 0.6) is 0 Å². The van der Waals surface area contributed by atoms with Gasteiger partial charge in [-0.15, -0.1) is 0 Å². The van der Waals surface area contributed by atoms with E-state index in [9.17, 15) is 4.79 Å². The molecular weight excluding hydrogens is 188 g/mol. The maximum atomic E-state index is 11.7. The Morgan fingerprint density at radius 3 is 2.07 bits per heavy atom. The van der Waals surface area contributed by atoms with Gasteiger partial charge in [0, 0.05) is 5.56 Å². The summed E-state index contributed by atoms with van der Waals surface area (Å²) in [4.78, 5) is 11.7. The minimum absolute atomic E-state index is 0.0921. The van der Waals surface area contributed by atoms with Crippen LogP contribution in [0.1, 0.15) is 51.2 Å². The van der Waals surface area contributed by atoms with Crippen LogP contribution in [-0.2, 0) is 4.74 Å². The van der Waals surface area contributed by atoms with Crippen molar-refractivity contribution >= 4 is 5.97 Å². The first-order valence-electron chi connectivity index (χ1n) is 5.26. The van der Waals surface area contributed by atoms with Gasteiger partial charge >= 0.3 is 5.97 Å². The van der Waals surface area contributed by atoms with Gasteiger partial charge in [0.05, 0.1) is 5.56 Å². The topological polar surface area (TPSA) is 26.3 Å². The Hall–Kier alpha value is -1.31. The number of esters is 1. The predicted molar refractivity (Wildman–Crippen MR) is 59.2 cm³/mol. The Bertz CT molecular complexity index is 458. The fraction of sp³-hybridized carbons (Fsp3) is 0.462. The van der Waals surface area contributed by atoms with Crippen molar-refractivity contribution in [1.29, 1.82) is 0 Å². The lowest BCUT2D eigenvalue weighted by molar-refractivity contribution is 0.0421. The first-order chi connectivity index (χ1) is 6.95. The molecule has 0 amide bonds. The Balaban J connectivity index is 2.86. The molecule has 1 aromatic carbocycles. The van der Waals surface area contributed by atoms with Crippen molar-refractivity contribution in [2.24, 2.45) is 0 Å². The van der Waals surface area contributed by atoms with Crippen molar-refractivity contribution in [2.45, 2.75) is 40.7 Å². The normalized spacial score (nSPS) is 19.0. The summed E-state index contributed by atoms with van der Waals surface area (Å²) in [5.41, 5.74) is 6.63. The zero-order valence-corrected chi connectivity index (χ0v) is 9.89. The van der Waals surface area contributed by atoms with Crippen LogP contribution in [0, 0.1) is 27.7 Å². The fourth-order valence-corrected chi connectivity index (χ4v) is 2.39. The average Bonchev–Trinajstić information content (AvgIpc) is 2.47.